The Morgan fingerprint density at radius 2 is 1.87 bits per heavy atom. The van der Waals surface area contributed by atoms with Crippen molar-refractivity contribution >= 4 is 11.6 Å². The van der Waals surface area contributed by atoms with Gasteiger partial charge in [-0.25, -0.2) is 0 Å². The standard InChI is InChI=1S/C25H34N4O2/c1-3-18-31-24(21-8-6-9-22(19-21)28-12-4-5-13-28)20-27-14-16-29(17-15-27)25(30)23-10-7-11-26(23)2/h3,6-11,19,24H,1,4-5,12-18,20H2,2H3. The number of carbonyl (C=O) groups is 1. The second kappa shape index (κ2) is 10.2. The van der Waals surface area contributed by atoms with Gasteiger partial charge in [-0.05, 0) is 42.7 Å². The van der Waals surface area contributed by atoms with Crippen LogP contribution in [0.2, 0.25) is 0 Å². The molecule has 2 fully saturated rings. The molecule has 1 atom stereocenters. The Morgan fingerprint density at radius 3 is 2.55 bits per heavy atom. The number of carbonyl (C=O) groups excluding carboxylic acids is 1. The van der Waals surface area contributed by atoms with Crippen LogP contribution in [0.5, 0.6) is 0 Å². The van der Waals surface area contributed by atoms with Gasteiger partial charge in [0, 0.05) is 64.7 Å². The first kappa shape index (κ1) is 21.7. The highest BCUT2D eigenvalue weighted by Gasteiger charge is 2.26. The van der Waals surface area contributed by atoms with Crippen LogP contribution in [0.4, 0.5) is 5.69 Å². The highest BCUT2D eigenvalue weighted by Crippen LogP contribution is 2.27. The van der Waals surface area contributed by atoms with E-state index in [1.54, 1.807) is 0 Å². The molecular weight excluding hydrogens is 388 g/mol. The van der Waals surface area contributed by atoms with E-state index >= 15 is 0 Å². The lowest BCUT2D eigenvalue weighted by molar-refractivity contribution is 0.0243. The predicted octanol–water partition coefficient (Wildman–Crippen LogP) is 3.33. The number of piperazine rings is 1. The van der Waals surface area contributed by atoms with Crippen molar-refractivity contribution in [2.24, 2.45) is 7.05 Å². The SMILES string of the molecule is C=CCOC(CN1CCN(C(=O)c2cccn2C)CC1)c1cccc(N2CCCC2)c1. The Balaban J connectivity index is 1.39. The maximum absolute atomic E-state index is 12.8. The summed E-state index contributed by atoms with van der Waals surface area (Å²) in [7, 11) is 1.92. The highest BCUT2D eigenvalue weighted by atomic mass is 16.5. The first-order valence-corrected chi connectivity index (χ1v) is 11.4. The molecule has 31 heavy (non-hydrogen) atoms. The predicted molar refractivity (Wildman–Crippen MR) is 125 cm³/mol. The summed E-state index contributed by atoms with van der Waals surface area (Å²) in [5.74, 6) is 0.116. The van der Waals surface area contributed by atoms with Crippen molar-refractivity contribution < 1.29 is 9.53 Å². The fraction of sp³-hybridized carbons (Fsp3) is 0.480. The van der Waals surface area contributed by atoms with Crippen LogP contribution in [0, 0.1) is 0 Å². The van der Waals surface area contributed by atoms with Gasteiger partial charge in [-0.2, -0.15) is 0 Å². The fourth-order valence-electron chi connectivity index (χ4n) is 4.55. The summed E-state index contributed by atoms with van der Waals surface area (Å²) in [6, 6.07) is 12.6. The van der Waals surface area contributed by atoms with E-state index in [0.29, 0.717) is 6.61 Å². The van der Waals surface area contributed by atoms with Gasteiger partial charge in [0.05, 0.1) is 12.7 Å². The number of amides is 1. The third kappa shape index (κ3) is 5.20. The lowest BCUT2D eigenvalue weighted by Crippen LogP contribution is -2.50. The molecule has 0 bridgehead atoms. The average Bonchev–Trinajstić information content (AvgIpc) is 3.49. The Bertz CT molecular complexity index is 879. The minimum absolute atomic E-state index is 0.00400. The molecule has 2 saturated heterocycles. The van der Waals surface area contributed by atoms with E-state index in [0.717, 1.165) is 51.5 Å². The van der Waals surface area contributed by atoms with Gasteiger partial charge >= 0.3 is 0 Å². The maximum atomic E-state index is 12.8. The molecule has 166 valence electrons. The average molecular weight is 423 g/mol. The second-order valence-corrected chi connectivity index (χ2v) is 8.50. The zero-order chi connectivity index (χ0) is 21.6. The van der Waals surface area contributed by atoms with E-state index in [4.69, 9.17) is 4.74 Å². The molecule has 1 aromatic carbocycles. The number of nitrogens with zero attached hydrogens (tertiary/aromatic N) is 4. The second-order valence-electron chi connectivity index (χ2n) is 8.50. The molecule has 2 aliphatic rings. The van der Waals surface area contributed by atoms with Gasteiger partial charge in [-0.3, -0.25) is 9.69 Å². The van der Waals surface area contributed by atoms with Gasteiger partial charge in [-0.1, -0.05) is 18.2 Å². The summed E-state index contributed by atoms with van der Waals surface area (Å²) in [4.78, 5) is 19.6. The summed E-state index contributed by atoms with van der Waals surface area (Å²) in [5, 5.41) is 0. The third-order valence-electron chi connectivity index (χ3n) is 6.37. The molecule has 6 heteroatoms. The van der Waals surface area contributed by atoms with E-state index in [1.165, 1.54) is 24.1 Å². The monoisotopic (exact) mass is 422 g/mol. The summed E-state index contributed by atoms with van der Waals surface area (Å²) in [6.07, 6.45) is 6.27. The van der Waals surface area contributed by atoms with Gasteiger partial charge in [-0.15, -0.1) is 6.58 Å². The molecular formula is C25H34N4O2. The number of rotatable bonds is 8. The number of aryl methyl sites for hydroxylation is 1. The van der Waals surface area contributed by atoms with Crippen molar-refractivity contribution in [2.75, 3.05) is 57.3 Å². The first-order chi connectivity index (χ1) is 15.2. The minimum atomic E-state index is -0.00400. The number of ether oxygens (including phenoxy) is 1. The lowest BCUT2D eigenvalue weighted by Gasteiger charge is -2.36. The van der Waals surface area contributed by atoms with Crippen LogP contribution >= 0.6 is 0 Å². The van der Waals surface area contributed by atoms with Gasteiger partial charge < -0.3 is 19.1 Å². The molecule has 6 nitrogen and oxygen atoms in total. The van der Waals surface area contributed by atoms with Crippen molar-refractivity contribution in [3.8, 4) is 0 Å². The summed E-state index contributed by atoms with van der Waals surface area (Å²) in [6.45, 7) is 10.7. The van der Waals surface area contributed by atoms with Crippen molar-refractivity contribution in [1.82, 2.24) is 14.4 Å². The molecule has 0 aliphatic carbocycles. The molecule has 2 aliphatic heterocycles. The van der Waals surface area contributed by atoms with Crippen LogP contribution in [-0.4, -0.2) is 72.7 Å². The largest absolute Gasteiger partial charge is 0.372 e. The molecule has 1 amide bonds. The number of anilines is 1. The number of hydrogen-bond donors (Lipinski definition) is 0. The van der Waals surface area contributed by atoms with Crippen molar-refractivity contribution in [1.29, 1.82) is 0 Å². The van der Waals surface area contributed by atoms with Crippen LogP contribution in [0.1, 0.15) is 35.0 Å². The molecule has 0 N–H and O–H groups in total. The summed E-state index contributed by atoms with van der Waals surface area (Å²) >= 11 is 0. The van der Waals surface area contributed by atoms with Gasteiger partial charge in [0.1, 0.15) is 5.69 Å². The third-order valence-corrected chi connectivity index (χ3v) is 6.37. The maximum Gasteiger partial charge on any atom is 0.270 e. The number of aromatic nitrogens is 1. The fourth-order valence-corrected chi connectivity index (χ4v) is 4.55. The minimum Gasteiger partial charge on any atom is -0.372 e. The zero-order valence-corrected chi connectivity index (χ0v) is 18.6. The molecule has 0 radical (unpaired) electrons. The lowest BCUT2D eigenvalue weighted by atomic mass is 10.1. The Kier molecular flexibility index (Phi) is 7.10. The normalized spacial score (nSPS) is 18.4. The van der Waals surface area contributed by atoms with Gasteiger partial charge in [0.15, 0.2) is 0 Å². The highest BCUT2D eigenvalue weighted by molar-refractivity contribution is 5.92. The van der Waals surface area contributed by atoms with Crippen LogP contribution in [-0.2, 0) is 11.8 Å². The first-order valence-electron chi connectivity index (χ1n) is 11.4. The smallest absolute Gasteiger partial charge is 0.270 e. The van der Waals surface area contributed by atoms with Crippen LogP contribution in [0.25, 0.3) is 0 Å². The Morgan fingerprint density at radius 1 is 1.10 bits per heavy atom. The summed E-state index contributed by atoms with van der Waals surface area (Å²) < 4.78 is 8.07. The molecule has 0 spiro atoms. The molecule has 1 unspecified atom stereocenters. The van der Waals surface area contributed by atoms with E-state index in [2.05, 4.69) is 40.6 Å². The Hall–Kier alpha value is -2.57. The zero-order valence-electron chi connectivity index (χ0n) is 18.6. The summed E-state index contributed by atoms with van der Waals surface area (Å²) in [5.41, 5.74) is 3.26. The molecule has 4 rings (SSSR count). The van der Waals surface area contributed by atoms with Crippen molar-refractivity contribution in [3.05, 3.63) is 66.5 Å². The number of benzene rings is 1. The number of hydrogen-bond acceptors (Lipinski definition) is 4. The molecule has 1 aromatic heterocycles. The van der Waals surface area contributed by atoms with E-state index in [-0.39, 0.29) is 12.0 Å². The van der Waals surface area contributed by atoms with E-state index in [1.807, 2.05) is 40.9 Å². The Labute approximate surface area is 185 Å². The topological polar surface area (TPSA) is 41.0 Å². The van der Waals surface area contributed by atoms with Crippen molar-refractivity contribution in [2.45, 2.75) is 18.9 Å². The van der Waals surface area contributed by atoms with Crippen LogP contribution < -0.4 is 4.90 Å². The van der Waals surface area contributed by atoms with Crippen LogP contribution in [0.15, 0.2) is 55.3 Å². The van der Waals surface area contributed by atoms with E-state index < -0.39 is 0 Å². The van der Waals surface area contributed by atoms with Crippen LogP contribution in [0.3, 0.4) is 0 Å². The van der Waals surface area contributed by atoms with Crippen molar-refractivity contribution in [3.63, 3.8) is 0 Å². The molecule has 0 saturated carbocycles. The van der Waals surface area contributed by atoms with Gasteiger partial charge in [0.2, 0.25) is 0 Å². The quantitative estimate of drug-likeness (QED) is 0.612. The van der Waals surface area contributed by atoms with Gasteiger partial charge in [0.25, 0.3) is 5.91 Å². The molecule has 2 aromatic rings. The van der Waals surface area contributed by atoms with E-state index in [9.17, 15) is 4.79 Å². The molecule has 3 heterocycles.